The zero-order valence-electron chi connectivity index (χ0n) is 8.74. The van der Waals surface area contributed by atoms with Crippen LogP contribution in [0.4, 0.5) is 0 Å². The Morgan fingerprint density at radius 1 is 1.71 bits per heavy atom. The summed E-state index contributed by atoms with van der Waals surface area (Å²) in [6, 6.07) is -0.701. The normalized spacial score (nSPS) is 24.6. The Hall–Kier alpha value is -1.10. The quantitative estimate of drug-likeness (QED) is 0.603. The number of methoxy groups -OCH3 is 1. The third-order valence-electron chi connectivity index (χ3n) is 2.47. The molecule has 1 heterocycles. The van der Waals surface area contributed by atoms with Crippen LogP contribution in [0.5, 0.6) is 0 Å². The molecule has 0 aliphatic carbocycles. The Bertz CT molecular complexity index is 242. The summed E-state index contributed by atoms with van der Waals surface area (Å²) in [7, 11) is 1.33. The molecule has 1 N–H and O–H groups in total. The van der Waals surface area contributed by atoms with Gasteiger partial charge in [0.2, 0.25) is 5.91 Å². The van der Waals surface area contributed by atoms with Gasteiger partial charge in [0.05, 0.1) is 13.2 Å². The van der Waals surface area contributed by atoms with E-state index in [9.17, 15) is 9.59 Å². The first-order valence-corrected chi connectivity index (χ1v) is 4.69. The van der Waals surface area contributed by atoms with Crippen LogP contribution in [-0.2, 0) is 14.3 Å². The highest BCUT2D eigenvalue weighted by molar-refractivity contribution is 5.87. The number of nitrogens with one attached hydrogen (secondary N) is 1. The summed E-state index contributed by atoms with van der Waals surface area (Å²) in [5, 5.41) is 3.03. The van der Waals surface area contributed by atoms with E-state index in [0.717, 1.165) is 0 Å². The molecule has 14 heavy (non-hydrogen) atoms. The predicted molar refractivity (Wildman–Crippen MR) is 50.7 cm³/mol. The maximum atomic E-state index is 11.6. The highest BCUT2D eigenvalue weighted by Gasteiger charge is 2.31. The number of esters is 1. The lowest BCUT2D eigenvalue weighted by molar-refractivity contribution is -0.153. The second-order valence-corrected chi connectivity index (χ2v) is 3.41. The summed E-state index contributed by atoms with van der Waals surface area (Å²) in [4.78, 5) is 24.4. The lowest BCUT2D eigenvalue weighted by atomic mass is 10.1. The van der Waals surface area contributed by atoms with Crippen LogP contribution in [0.25, 0.3) is 0 Å². The minimum atomic E-state index is -0.489. The summed E-state index contributed by atoms with van der Waals surface area (Å²) >= 11 is 0. The molecule has 0 aromatic heterocycles. The average Bonchev–Trinajstić information content (AvgIpc) is 2.20. The number of piperazine rings is 1. The lowest BCUT2D eigenvalue weighted by Crippen LogP contribution is -2.58. The monoisotopic (exact) mass is 200 g/mol. The maximum Gasteiger partial charge on any atom is 0.328 e. The van der Waals surface area contributed by atoms with E-state index in [4.69, 9.17) is 0 Å². The van der Waals surface area contributed by atoms with Crippen molar-refractivity contribution in [1.82, 2.24) is 10.2 Å². The lowest BCUT2D eigenvalue weighted by Gasteiger charge is -2.34. The fourth-order valence-corrected chi connectivity index (χ4v) is 1.53. The Balaban J connectivity index is 2.66. The number of hydrogen-bond acceptors (Lipinski definition) is 4. The van der Waals surface area contributed by atoms with Gasteiger partial charge in [0.25, 0.3) is 0 Å². The average molecular weight is 200 g/mol. The topological polar surface area (TPSA) is 58.6 Å². The van der Waals surface area contributed by atoms with E-state index < -0.39 is 6.04 Å². The molecule has 0 saturated carbocycles. The Morgan fingerprint density at radius 2 is 2.36 bits per heavy atom. The van der Waals surface area contributed by atoms with Crippen molar-refractivity contribution in [2.75, 3.05) is 20.2 Å². The van der Waals surface area contributed by atoms with E-state index in [-0.39, 0.29) is 17.9 Å². The van der Waals surface area contributed by atoms with Crippen LogP contribution in [0.1, 0.15) is 13.8 Å². The van der Waals surface area contributed by atoms with Crippen LogP contribution in [0.2, 0.25) is 0 Å². The van der Waals surface area contributed by atoms with Gasteiger partial charge in [0.15, 0.2) is 0 Å². The van der Waals surface area contributed by atoms with Gasteiger partial charge in [0.1, 0.15) is 6.04 Å². The summed E-state index contributed by atoms with van der Waals surface area (Å²) < 4.78 is 4.60. The van der Waals surface area contributed by atoms with Gasteiger partial charge in [-0.05, 0) is 13.8 Å². The van der Waals surface area contributed by atoms with Gasteiger partial charge in [-0.2, -0.15) is 0 Å². The maximum absolute atomic E-state index is 11.6. The second kappa shape index (κ2) is 4.41. The number of rotatable bonds is 2. The van der Waals surface area contributed by atoms with Crippen LogP contribution in [0.3, 0.4) is 0 Å². The molecule has 5 heteroatoms. The summed E-state index contributed by atoms with van der Waals surface area (Å²) in [5.74, 6) is -0.415. The molecule has 80 valence electrons. The fraction of sp³-hybridized carbons (Fsp3) is 0.778. The van der Waals surface area contributed by atoms with E-state index in [1.54, 1.807) is 18.7 Å². The Labute approximate surface area is 83.4 Å². The summed E-state index contributed by atoms with van der Waals surface area (Å²) in [5.41, 5.74) is 0. The Kier molecular flexibility index (Phi) is 3.46. The predicted octanol–water partition coefficient (Wildman–Crippen LogP) is -0.632. The molecule has 5 nitrogen and oxygen atoms in total. The summed E-state index contributed by atoms with van der Waals surface area (Å²) in [6.45, 7) is 4.74. The minimum absolute atomic E-state index is 0.0471. The van der Waals surface area contributed by atoms with Crippen molar-refractivity contribution in [2.24, 2.45) is 0 Å². The van der Waals surface area contributed by atoms with Crippen molar-refractivity contribution in [2.45, 2.75) is 25.9 Å². The van der Waals surface area contributed by atoms with E-state index in [1.165, 1.54) is 7.11 Å². The molecule has 1 aliphatic rings. The van der Waals surface area contributed by atoms with E-state index in [0.29, 0.717) is 13.1 Å². The van der Waals surface area contributed by atoms with Crippen molar-refractivity contribution in [3.63, 3.8) is 0 Å². The van der Waals surface area contributed by atoms with E-state index in [2.05, 4.69) is 10.1 Å². The van der Waals surface area contributed by atoms with Crippen LogP contribution in [0.15, 0.2) is 0 Å². The van der Waals surface area contributed by atoms with Crippen molar-refractivity contribution < 1.29 is 14.3 Å². The molecule has 0 unspecified atom stereocenters. The zero-order chi connectivity index (χ0) is 10.7. The van der Waals surface area contributed by atoms with Gasteiger partial charge < -0.3 is 15.0 Å². The van der Waals surface area contributed by atoms with Crippen LogP contribution < -0.4 is 5.32 Å². The molecule has 0 aromatic rings. The highest BCUT2D eigenvalue weighted by Crippen LogP contribution is 2.07. The van der Waals surface area contributed by atoms with Crippen molar-refractivity contribution in [3.8, 4) is 0 Å². The molecule has 0 spiro atoms. The third kappa shape index (κ3) is 2.04. The number of hydrogen-bond donors (Lipinski definition) is 1. The number of carbonyl (C=O) groups excluding carboxylic acids is 2. The van der Waals surface area contributed by atoms with Gasteiger partial charge in [-0.1, -0.05) is 0 Å². The smallest absolute Gasteiger partial charge is 0.328 e. The number of nitrogens with zero attached hydrogens (tertiary/aromatic N) is 1. The fourth-order valence-electron chi connectivity index (χ4n) is 1.53. The van der Waals surface area contributed by atoms with Crippen LogP contribution in [-0.4, -0.2) is 49.1 Å². The molecule has 1 amide bonds. The molecular weight excluding hydrogens is 184 g/mol. The molecule has 0 radical (unpaired) electrons. The van der Waals surface area contributed by atoms with Gasteiger partial charge >= 0.3 is 5.97 Å². The largest absolute Gasteiger partial charge is 0.467 e. The first-order chi connectivity index (χ1) is 6.57. The van der Waals surface area contributed by atoms with Gasteiger partial charge in [0, 0.05) is 13.1 Å². The van der Waals surface area contributed by atoms with E-state index >= 15 is 0 Å². The SMILES string of the molecule is COC(=O)[C@@H](C)N1CCN[C@H](C)C1=O. The molecule has 2 atom stereocenters. The van der Waals surface area contributed by atoms with Crippen molar-refractivity contribution in [1.29, 1.82) is 0 Å². The third-order valence-corrected chi connectivity index (χ3v) is 2.47. The zero-order valence-corrected chi connectivity index (χ0v) is 8.74. The highest BCUT2D eigenvalue weighted by atomic mass is 16.5. The molecule has 1 aliphatic heterocycles. The molecule has 0 aromatic carbocycles. The first-order valence-electron chi connectivity index (χ1n) is 4.69. The molecule has 1 rings (SSSR count). The van der Waals surface area contributed by atoms with Crippen LogP contribution in [0, 0.1) is 0 Å². The second-order valence-electron chi connectivity index (χ2n) is 3.41. The molecule has 1 fully saturated rings. The Morgan fingerprint density at radius 3 is 2.93 bits per heavy atom. The van der Waals surface area contributed by atoms with Gasteiger partial charge in [-0.25, -0.2) is 4.79 Å². The number of ether oxygens (including phenoxy) is 1. The minimum Gasteiger partial charge on any atom is -0.467 e. The standard InChI is InChI=1S/C9H16N2O3/c1-6-8(12)11(5-4-10-6)7(2)9(13)14-3/h6-7,10H,4-5H2,1-3H3/t6-,7-/m1/s1. The van der Waals surface area contributed by atoms with E-state index in [1.807, 2.05) is 0 Å². The number of carbonyl (C=O) groups is 2. The molecule has 0 bridgehead atoms. The van der Waals surface area contributed by atoms with Crippen molar-refractivity contribution >= 4 is 11.9 Å². The molecule has 1 saturated heterocycles. The van der Waals surface area contributed by atoms with Gasteiger partial charge in [-0.15, -0.1) is 0 Å². The first kappa shape index (κ1) is 11.0. The van der Waals surface area contributed by atoms with Gasteiger partial charge in [-0.3, -0.25) is 4.79 Å². The summed E-state index contributed by atoms with van der Waals surface area (Å²) in [6.07, 6.45) is 0. The number of amides is 1. The van der Waals surface area contributed by atoms with Crippen molar-refractivity contribution in [3.05, 3.63) is 0 Å². The van der Waals surface area contributed by atoms with Crippen LogP contribution >= 0.6 is 0 Å². The molecular formula is C9H16N2O3.